The highest BCUT2D eigenvalue weighted by molar-refractivity contribution is 6.30. The Balaban J connectivity index is 1.61. The summed E-state index contributed by atoms with van der Waals surface area (Å²) < 4.78 is 0. The molecule has 1 aromatic heterocycles. The first-order valence-electron chi connectivity index (χ1n) is 8.61. The van der Waals surface area contributed by atoms with E-state index < -0.39 is 0 Å². The molecular weight excluding hydrogens is 322 g/mol. The lowest BCUT2D eigenvalue weighted by atomic mass is 9.60. The third kappa shape index (κ3) is 1.88. The van der Waals surface area contributed by atoms with Crippen LogP contribution in [0.4, 0.5) is 0 Å². The zero-order chi connectivity index (χ0) is 16.7. The zero-order valence-electron chi connectivity index (χ0n) is 14.0. The van der Waals surface area contributed by atoms with E-state index >= 15 is 0 Å². The Labute approximate surface area is 147 Å². The van der Waals surface area contributed by atoms with Gasteiger partial charge in [0.05, 0.1) is 17.8 Å². The number of hydrogen-bond donors (Lipinski definition) is 1. The second kappa shape index (κ2) is 4.70. The molecule has 0 amide bonds. The summed E-state index contributed by atoms with van der Waals surface area (Å²) >= 11 is 6.58. The van der Waals surface area contributed by atoms with Crippen LogP contribution in [-0.4, -0.2) is 52.2 Å². The molecule has 5 heteroatoms. The Morgan fingerprint density at radius 2 is 1.67 bits per heavy atom. The maximum atomic E-state index is 10.8. The molecule has 24 heavy (non-hydrogen) atoms. The molecule has 4 aliphatic heterocycles. The number of para-hydroxylation sites is 1. The molecule has 0 aliphatic carbocycles. The van der Waals surface area contributed by atoms with Gasteiger partial charge >= 0.3 is 0 Å². The number of fused-ring (bicyclic) bond motifs is 1. The first kappa shape index (κ1) is 15.1. The molecule has 0 spiro atoms. The Bertz CT molecular complexity index is 800. The highest BCUT2D eigenvalue weighted by Gasteiger charge is 2.62. The number of pyridine rings is 1. The van der Waals surface area contributed by atoms with Gasteiger partial charge in [-0.25, -0.2) is 4.98 Å². The van der Waals surface area contributed by atoms with E-state index in [2.05, 4.69) is 40.8 Å². The van der Waals surface area contributed by atoms with Crippen LogP contribution in [-0.2, 0) is 0 Å². The van der Waals surface area contributed by atoms with Crippen LogP contribution in [0, 0.1) is 10.8 Å². The quantitative estimate of drug-likeness (QED) is 0.808. The summed E-state index contributed by atoms with van der Waals surface area (Å²) in [5, 5.41) is 12.5. The van der Waals surface area contributed by atoms with Crippen LogP contribution in [0.2, 0.25) is 5.15 Å². The van der Waals surface area contributed by atoms with Crippen molar-refractivity contribution in [3.05, 3.63) is 41.0 Å². The minimum atomic E-state index is -0.233. The molecule has 0 unspecified atom stereocenters. The molecule has 0 atom stereocenters. The monoisotopic (exact) mass is 343 g/mol. The minimum Gasteiger partial charge on any atom is -0.392 e. The molecule has 1 N–H and O–H groups in total. The van der Waals surface area contributed by atoms with Crippen molar-refractivity contribution in [2.45, 2.75) is 26.1 Å². The number of aliphatic hydroxyl groups excluding tert-OH is 1. The molecule has 4 aliphatic rings. The average Bonchev–Trinajstić information content (AvgIpc) is 2.51. The predicted octanol–water partition coefficient (Wildman–Crippen LogP) is 2.91. The van der Waals surface area contributed by atoms with Gasteiger partial charge in [-0.2, -0.15) is 0 Å². The van der Waals surface area contributed by atoms with Crippen molar-refractivity contribution in [2.24, 2.45) is 10.8 Å². The SMILES string of the molecule is CC12CN3CC(C)(CN(C1)C3c1cc3ccccc3nc1Cl)C2O. The maximum absolute atomic E-state index is 10.8. The van der Waals surface area contributed by atoms with E-state index in [1.165, 1.54) is 0 Å². The molecule has 5 heterocycles. The van der Waals surface area contributed by atoms with Crippen molar-refractivity contribution in [3.8, 4) is 0 Å². The van der Waals surface area contributed by atoms with E-state index in [1.807, 2.05) is 18.2 Å². The minimum absolute atomic E-state index is 0.0570. The summed E-state index contributed by atoms with van der Waals surface area (Å²) in [5.74, 6) is 0. The summed E-state index contributed by atoms with van der Waals surface area (Å²) in [7, 11) is 0. The number of aliphatic hydroxyl groups is 1. The molecule has 4 nitrogen and oxygen atoms in total. The molecule has 0 radical (unpaired) electrons. The van der Waals surface area contributed by atoms with Crippen molar-refractivity contribution in [2.75, 3.05) is 26.2 Å². The van der Waals surface area contributed by atoms with Gasteiger partial charge in [-0.05, 0) is 12.1 Å². The van der Waals surface area contributed by atoms with E-state index in [-0.39, 0.29) is 23.1 Å². The first-order valence-corrected chi connectivity index (χ1v) is 8.99. The van der Waals surface area contributed by atoms with Crippen LogP contribution in [0.5, 0.6) is 0 Å². The number of benzene rings is 1. The Hall–Kier alpha value is -1.20. The summed E-state index contributed by atoms with van der Waals surface area (Å²) in [6.07, 6.45) is -0.0630. The first-order chi connectivity index (χ1) is 11.4. The highest BCUT2D eigenvalue weighted by Crippen LogP contribution is 2.54. The van der Waals surface area contributed by atoms with Crippen molar-refractivity contribution in [3.63, 3.8) is 0 Å². The van der Waals surface area contributed by atoms with Gasteiger partial charge in [0.2, 0.25) is 0 Å². The zero-order valence-corrected chi connectivity index (χ0v) is 14.8. The van der Waals surface area contributed by atoms with Crippen molar-refractivity contribution < 1.29 is 5.11 Å². The lowest BCUT2D eigenvalue weighted by Crippen LogP contribution is -2.76. The Kier molecular flexibility index (Phi) is 2.95. The third-order valence-electron chi connectivity index (χ3n) is 6.25. The summed E-state index contributed by atoms with van der Waals surface area (Å²) in [4.78, 5) is 9.59. The topological polar surface area (TPSA) is 39.6 Å². The van der Waals surface area contributed by atoms with Crippen molar-refractivity contribution in [1.82, 2.24) is 14.8 Å². The molecule has 6 rings (SSSR count). The van der Waals surface area contributed by atoms with Crippen LogP contribution in [0.3, 0.4) is 0 Å². The summed E-state index contributed by atoms with van der Waals surface area (Å²) in [6, 6.07) is 10.3. The number of aromatic nitrogens is 1. The summed E-state index contributed by atoms with van der Waals surface area (Å²) in [6.45, 7) is 8.07. The van der Waals surface area contributed by atoms with Crippen molar-refractivity contribution in [1.29, 1.82) is 0 Å². The van der Waals surface area contributed by atoms with E-state index in [1.54, 1.807) is 0 Å². The van der Waals surface area contributed by atoms with Gasteiger partial charge < -0.3 is 5.11 Å². The second-order valence-corrected chi connectivity index (χ2v) is 8.81. The van der Waals surface area contributed by atoms with Crippen LogP contribution in [0.25, 0.3) is 10.9 Å². The van der Waals surface area contributed by atoms with Crippen LogP contribution in [0.15, 0.2) is 30.3 Å². The van der Waals surface area contributed by atoms with E-state index in [9.17, 15) is 5.11 Å². The van der Waals surface area contributed by atoms with E-state index in [0.717, 1.165) is 42.6 Å². The second-order valence-electron chi connectivity index (χ2n) is 8.46. The molecule has 2 aromatic rings. The van der Waals surface area contributed by atoms with Gasteiger partial charge in [0, 0.05) is 48.0 Å². The highest BCUT2D eigenvalue weighted by atomic mass is 35.5. The van der Waals surface area contributed by atoms with E-state index in [0.29, 0.717) is 5.15 Å². The molecule has 126 valence electrons. The molecule has 4 fully saturated rings. The molecule has 1 aromatic carbocycles. The smallest absolute Gasteiger partial charge is 0.135 e. The van der Waals surface area contributed by atoms with Gasteiger partial charge in [0.25, 0.3) is 0 Å². The normalized spacial score (nSPS) is 43.5. The van der Waals surface area contributed by atoms with Crippen LogP contribution >= 0.6 is 11.6 Å². The summed E-state index contributed by atoms with van der Waals surface area (Å²) in [5.41, 5.74) is 1.92. The Morgan fingerprint density at radius 3 is 2.29 bits per heavy atom. The molecule has 4 saturated heterocycles. The molecule has 0 saturated carbocycles. The van der Waals surface area contributed by atoms with Gasteiger partial charge in [0.1, 0.15) is 5.15 Å². The van der Waals surface area contributed by atoms with Crippen molar-refractivity contribution >= 4 is 22.5 Å². The average molecular weight is 344 g/mol. The predicted molar refractivity (Wildman–Crippen MR) is 94.9 cm³/mol. The molecular formula is C19H22ClN3O. The maximum Gasteiger partial charge on any atom is 0.135 e. The van der Waals surface area contributed by atoms with Gasteiger partial charge in [-0.15, -0.1) is 0 Å². The largest absolute Gasteiger partial charge is 0.392 e. The van der Waals surface area contributed by atoms with Gasteiger partial charge in [0.15, 0.2) is 0 Å². The fraction of sp³-hybridized carbons (Fsp3) is 0.526. The Morgan fingerprint density at radius 1 is 1.08 bits per heavy atom. The fourth-order valence-corrected chi connectivity index (χ4v) is 5.76. The third-order valence-corrected chi connectivity index (χ3v) is 6.55. The van der Waals surface area contributed by atoms with Crippen LogP contribution < -0.4 is 0 Å². The molecule has 4 bridgehead atoms. The standard InChI is InChI=1S/C19H22ClN3O/c1-18-8-22-10-19(2,17(18)24)11-23(9-18)16(22)13-7-12-5-3-4-6-14(12)21-15(13)20/h3-7,16-17,24H,8-11H2,1-2H3. The number of halogens is 1. The van der Waals surface area contributed by atoms with Crippen LogP contribution in [0.1, 0.15) is 25.6 Å². The van der Waals surface area contributed by atoms with Gasteiger partial charge in [-0.3, -0.25) is 9.80 Å². The number of nitrogens with zero attached hydrogens (tertiary/aromatic N) is 3. The lowest BCUT2D eigenvalue weighted by Gasteiger charge is -2.68. The van der Waals surface area contributed by atoms with E-state index in [4.69, 9.17) is 11.6 Å². The fourth-order valence-electron chi connectivity index (χ4n) is 5.51. The number of hydrogen-bond acceptors (Lipinski definition) is 4. The van der Waals surface area contributed by atoms with Gasteiger partial charge in [-0.1, -0.05) is 43.6 Å². The lowest BCUT2D eigenvalue weighted by molar-refractivity contribution is -0.253. The number of piperidine rings is 2. The number of rotatable bonds is 1.